The fourth-order valence-corrected chi connectivity index (χ4v) is 3.68. The van der Waals surface area contributed by atoms with Crippen LogP contribution in [0.25, 0.3) is 11.0 Å². The van der Waals surface area contributed by atoms with E-state index in [0.29, 0.717) is 12.1 Å². The summed E-state index contributed by atoms with van der Waals surface area (Å²) < 4.78 is 15.2. The third-order valence-corrected chi connectivity index (χ3v) is 5.15. The largest absolute Gasteiger partial charge is 0.351 e. The van der Waals surface area contributed by atoms with Crippen LogP contribution in [-0.2, 0) is 0 Å². The lowest BCUT2D eigenvalue weighted by molar-refractivity contribution is 0.0947. The zero-order valence-electron chi connectivity index (χ0n) is 15.9. The van der Waals surface area contributed by atoms with E-state index in [1.54, 1.807) is 0 Å². The molecule has 1 fully saturated rings. The van der Waals surface area contributed by atoms with E-state index >= 15 is 0 Å². The summed E-state index contributed by atoms with van der Waals surface area (Å²) >= 11 is 0. The summed E-state index contributed by atoms with van der Waals surface area (Å²) in [6, 6.07) is 13.8. The van der Waals surface area contributed by atoms with E-state index in [-0.39, 0.29) is 11.7 Å². The SMILES string of the molecule is Cc1nc2ccccc2n1N1CCN(CCNC(=O)c2ccc(F)cc2)CC1. The molecule has 28 heavy (non-hydrogen) atoms. The molecule has 0 saturated carbocycles. The summed E-state index contributed by atoms with van der Waals surface area (Å²) in [6.45, 7) is 7.09. The van der Waals surface area contributed by atoms with Gasteiger partial charge in [-0.3, -0.25) is 9.69 Å². The molecule has 1 aliphatic heterocycles. The maximum atomic E-state index is 12.9. The van der Waals surface area contributed by atoms with Gasteiger partial charge in [0.25, 0.3) is 5.91 Å². The molecule has 0 atom stereocenters. The molecule has 0 unspecified atom stereocenters. The van der Waals surface area contributed by atoms with Crippen molar-refractivity contribution in [1.29, 1.82) is 0 Å². The van der Waals surface area contributed by atoms with Gasteiger partial charge in [-0.1, -0.05) is 12.1 Å². The van der Waals surface area contributed by atoms with Gasteiger partial charge in [-0.25, -0.2) is 14.1 Å². The molecule has 2 aromatic carbocycles. The van der Waals surface area contributed by atoms with Gasteiger partial charge >= 0.3 is 0 Å². The molecular formula is C21H24FN5O. The molecule has 0 aliphatic carbocycles. The number of nitrogens with zero attached hydrogens (tertiary/aromatic N) is 4. The topological polar surface area (TPSA) is 53.4 Å². The Morgan fingerprint density at radius 2 is 1.79 bits per heavy atom. The van der Waals surface area contributed by atoms with Gasteiger partial charge in [0, 0.05) is 44.8 Å². The van der Waals surface area contributed by atoms with E-state index < -0.39 is 0 Å². The zero-order valence-corrected chi connectivity index (χ0v) is 15.9. The third-order valence-electron chi connectivity index (χ3n) is 5.15. The highest BCUT2D eigenvalue weighted by molar-refractivity contribution is 5.94. The number of halogens is 1. The summed E-state index contributed by atoms with van der Waals surface area (Å²) in [5.41, 5.74) is 2.64. The van der Waals surface area contributed by atoms with Crippen molar-refractivity contribution in [3.05, 3.63) is 65.7 Å². The second kappa shape index (κ2) is 7.98. The lowest BCUT2D eigenvalue weighted by Gasteiger charge is -2.37. The van der Waals surface area contributed by atoms with Crippen LogP contribution in [0.2, 0.25) is 0 Å². The van der Waals surface area contributed by atoms with Crippen LogP contribution in [0, 0.1) is 12.7 Å². The van der Waals surface area contributed by atoms with Crippen LogP contribution in [0.4, 0.5) is 4.39 Å². The first kappa shape index (κ1) is 18.4. The zero-order chi connectivity index (χ0) is 19.5. The Hall–Kier alpha value is -2.93. The van der Waals surface area contributed by atoms with E-state index in [2.05, 4.69) is 31.0 Å². The molecule has 0 radical (unpaired) electrons. The van der Waals surface area contributed by atoms with Crippen LogP contribution in [0.3, 0.4) is 0 Å². The van der Waals surface area contributed by atoms with Crippen molar-refractivity contribution in [1.82, 2.24) is 19.9 Å². The van der Waals surface area contributed by atoms with Crippen molar-refractivity contribution in [3.8, 4) is 0 Å². The Balaban J connectivity index is 1.28. The molecule has 0 spiro atoms. The number of aromatic nitrogens is 2. The molecule has 146 valence electrons. The summed E-state index contributed by atoms with van der Waals surface area (Å²) in [6.07, 6.45) is 0. The first-order valence-electron chi connectivity index (χ1n) is 9.57. The summed E-state index contributed by atoms with van der Waals surface area (Å²) in [5.74, 6) is 0.496. The van der Waals surface area contributed by atoms with Crippen molar-refractivity contribution < 1.29 is 9.18 Å². The van der Waals surface area contributed by atoms with E-state index in [0.717, 1.165) is 49.6 Å². The minimum Gasteiger partial charge on any atom is -0.351 e. The predicted octanol–water partition coefficient (Wildman–Crippen LogP) is 2.17. The molecule has 1 saturated heterocycles. The summed E-state index contributed by atoms with van der Waals surface area (Å²) in [4.78, 5) is 19.1. The van der Waals surface area contributed by atoms with Crippen molar-refractivity contribution in [2.24, 2.45) is 0 Å². The van der Waals surface area contributed by atoms with Crippen LogP contribution in [0.15, 0.2) is 48.5 Å². The average Bonchev–Trinajstić information content (AvgIpc) is 3.05. The molecule has 1 aliphatic rings. The van der Waals surface area contributed by atoms with E-state index in [1.165, 1.54) is 24.3 Å². The number of piperazine rings is 1. The van der Waals surface area contributed by atoms with Gasteiger partial charge in [-0.15, -0.1) is 0 Å². The number of hydrogen-bond donors (Lipinski definition) is 1. The Morgan fingerprint density at radius 1 is 1.07 bits per heavy atom. The predicted molar refractivity (Wildman–Crippen MR) is 108 cm³/mol. The smallest absolute Gasteiger partial charge is 0.251 e. The fourth-order valence-electron chi connectivity index (χ4n) is 3.68. The molecule has 7 heteroatoms. The minimum atomic E-state index is -0.338. The van der Waals surface area contributed by atoms with Crippen molar-refractivity contribution >= 4 is 16.9 Å². The number of rotatable bonds is 5. The standard InChI is InChI=1S/C21H24FN5O/c1-16-24-19-4-2-3-5-20(19)27(16)26-14-12-25(13-15-26)11-10-23-21(28)17-6-8-18(22)9-7-17/h2-9H,10-15H2,1H3,(H,23,28). The minimum absolute atomic E-state index is 0.167. The van der Waals surface area contributed by atoms with Gasteiger partial charge in [-0.05, 0) is 43.3 Å². The lowest BCUT2D eigenvalue weighted by atomic mass is 10.2. The highest BCUT2D eigenvalue weighted by atomic mass is 19.1. The number of nitrogens with one attached hydrogen (secondary N) is 1. The third kappa shape index (κ3) is 3.84. The quantitative estimate of drug-likeness (QED) is 0.736. The summed E-state index contributed by atoms with van der Waals surface area (Å²) in [7, 11) is 0. The van der Waals surface area contributed by atoms with E-state index in [9.17, 15) is 9.18 Å². The Kier molecular flexibility index (Phi) is 5.25. The van der Waals surface area contributed by atoms with E-state index in [4.69, 9.17) is 0 Å². The van der Waals surface area contributed by atoms with Crippen LogP contribution in [-0.4, -0.2) is 59.7 Å². The molecule has 1 aromatic heterocycles. The first-order chi connectivity index (χ1) is 13.6. The van der Waals surface area contributed by atoms with Crippen molar-refractivity contribution in [3.63, 3.8) is 0 Å². The van der Waals surface area contributed by atoms with Crippen LogP contribution in [0.5, 0.6) is 0 Å². The molecule has 1 N–H and O–H groups in total. The van der Waals surface area contributed by atoms with Gasteiger partial charge in [0.05, 0.1) is 11.0 Å². The Morgan fingerprint density at radius 3 is 2.54 bits per heavy atom. The molecule has 3 aromatic rings. The number of imidazole rings is 1. The molecule has 6 nitrogen and oxygen atoms in total. The highest BCUT2D eigenvalue weighted by Crippen LogP contribution is 2.17. The average molecular weight is 381 g/mol. The number of carbonyl (C=O) groups excluding carboxylic acids is 1. The number of aryl methyl sites for hydroxylation is 1. The molecule has 0 bridgehead atoms. The van der Waals surface area contributed by atoms with Crippen LogP contribution >= 0.6 is 0 Å². The molecule has 4 rings (SSSR count). The number of hydrogen-bond acceptors (Lipinski definition) is 4. The van der Waals surface area contributed by atoms with Crippen molar-refractivity contribution in [2.45, 2.75) is 6.92 Å². The van der Waals surface area contributed by atoms with Crippen LogP contribution < -0.4 is 10.3 Å². The number of fused-ring (bicyclic) bond motifs is 1. The normalized spacial score (nSPS) is 15.1. The molecule has 2 heterocycles. The summed E-state index contributed by atoms with van der Waals surface area (Å²) in [5, 5.41) is 5.24. The van der Waals surface area contributed by atoms with Gasteiger partial charge < -0.3 is 10.3 Å². The monoisotopic (exact) mass is 381 g/mol. The Labute approximate surface area is 163 Å². The first-order valence-corrected chi connectivity index (χ1v) is 9.57. The van der Waals surface area contributed by atoms with Gasteiger partial charge in [-0.2, -0.15) is 0 Å². The maximum absolute atomic E-state index is 12.9. The molecule has 1 amide bonds. The Bertz CT molecular complexity index is 961. The lowest BCUT2D eigenvalue weighted by Crippen LogP contribution is -2.52. The molecular weight excluding hydrogens is 357 g/mol. The number of benzene rings is 2. The van der Waals surface area contributed by atoms with Gasteiger partial charge in [0.15, 0.2) is 0 Å². The van der Waals surface area contributed by atoms with Crippen molar-refractivity contribution in [2.75, 3.05) is 44.3 Å². The fraction of sp³-hybridized carbons (Fsp3) is 0.333. The number of para-hydroxylation sites is 2. The number of carbonyl (C=O) groups is 1. The second-order valence-electron chi connectivity index (χ2n) is 7.02. The highest BCUT2D eigenvalue weighted by Gasteiger charge is 2.20. The van der Waals surface area contributed by atoms with E-state index in [1.807, 2.05) is 25.1 Å². The van der Waals surface area contributed by atoms with Crippen LogP contribution in [0.1, 0.15) is 16.2 Å². The van der Waals surface area contributed by atoms with Gasteiger partial charge in [0.2, 0.25) is 0 Å². The maximum Gasteiger partial charge on any atom is 0.251 e. The van der Waals surface area contributed by atoms with Gasteiger partial charge in [0.1, 0.15) is 11.6 Å². The second-order valence-corrected chi connectivity index (χ2v) is 7.02. The number of amides is 1.